The summed E-state index contributed by atoms with van der Waals surface area (Å²) in [7, 11) is 0. The Morgan fingerprint density at radius 1 is 1.27 bits per heavy atom. The average molecular weight is 239 g/mol. The largest absolute Gasteiger partial charge is 0.395 e. The van der Waals surface area contributed by atoms with Gasteiger partial charge in [0.1, 0.15) is 10.1 Å². The molecule has 4 nitrogen and oxygen atoms in total. The van der Waals surface area contributed by atoms with E-state index in [1.54, 1.807) is 6.20 Å². The van der Waals surface area contributed by atoms with E-state index < -0.39 is 0 Å². The molecule has 0 spiro atoms. The van der Waals surface area contributed by atoms with Crippen LogP contribution < -0.4 is 5.73 Å². The molecular weight excluding hydrogens is 232 g/mol. The second-order valence-corrected chi connectivity index (χ2v) is 4.02. The zero-order valence-electron chi connectivity index (χ0n) is 7.59. The summed E-state index contributed by atoms with van der Waals surface area (Å²) < 4.78 is 0. The summed E-state index contributed by atoms with van der Waals surface area (Å²) in [4.78, 5) is 11.9. The lowest BCUT2D eigenvalue weighted by Gasteiger charge is -2.02. The number of nitrogen functional groups attached to an aromatic ring is 1. The minimum atomic E-state index is 0.183. The summed E-state index contributed by atoms with van der Waals surface area (Å²) in [5, 5.41) is 1.62. The van der Waals surface area contributed by atoms with E-state index in [1.165, 1.54) is 18.0 Å². The van der Waals surface area contributed by atoms with Gasteiger partial charge in [-0.25, -0.2) is 15.0 Å². The van der Waals surface area contributed by atoms with Crippen LogP contribution in [0.1, 0.15) is 0 Å². The van der Waals surface area contributed by atoms with Crippen LogP contribution in [-0.2, 0) is 0 Å². The quantitative estimate of drug-likeness (QED) is 0.642. The fraction of sp³-hybridized carbons (Fsp3) is 0. The van der Waals surface area contributed by atoms with Crippen LogP contribution in [0.25, 0.3) is 0 Å². The van der Waals surface area contributed by atoms with Gasteiger partial charge in [0.2, 0.25) is 5.28 Å². The van der Waals surface area contributed by atoms with Gasteiger partial charge in [-0.1, -0.05) is 6.07 Å². The molecule has 0 radical (unpaired) electrons. The number of nitrogens with zero attached hydrogens (tertiary/aromatic N) is 3. The molecule has 2 aromatic rings. The molecule has 0 aliphatic rings. The molecule has 2 N–H and O–H groups in total. The van der Waals surface area contributed by atoms with Crippen molar-refractivity contribution in [2.75, 3.05) is 5.73 Å². The highest BCUT2D eigenvalue weighted by molar-refractivity contribution is 7.99. The van der Waals surface area contributed by atoms with Gasteiger partial charge in [-0.2, -0.15) is 0 Å². The second kappa shape index (κ2) is 4.46. The van der Waals surface area contributed by atoms with Crippen molar-refractivity contribution < 1.29 is 0 Å². The van der Waals surface area contributed by atoms with Crippen LogP contribution in [0.3, 0.4) is 0 Å². The minimum Gasteiger partial charge on any atom is -0.395 e. The van der Waals surface area contributed by atoms with Gasteiger partial charge >= 0.3 is 0 Å². The summed E-state index contributed by atoms with van der Waals surface area (Å²) in [5.41, 5.74) is 6.20. The first kappa shape index (κ1) is 10.2. The first-order valence-corrected chi connectivity index (χ1v) is 5.32. The SMILES string of the molecule is Nc1cnc(Cl)nc1Sc1ccccn1. The molecule has 0 aliphatic heterocycles. The molecule has 0 saturated carbocycles. The predicted molar refractivity (Wildman–Crippen MR) is 59.8 cm³/mol. The summed E-state index contributed by atoms with van der Waals surface area (Å²) in [6.07, 6.45) is 3.20. The number of pyridine rings is 1. The Hall–Kier alpha value is -1.33. The lowest BCUT2D eigenvalue weighted by Crippen LogP contribution is -1.94. The Morgan fingerprint density at radius 2 is 2.13 bits per heavy atom. The summed E-state index contributed by atoms with van der Waals surface area (Å²) in [5.74, 6) is 0. The number of anilines is 1. The molecule has 0 atom stereocenters. The maximum atomic E-state index is 5.71. The number of hydrogen-bond acceptors (Lipinski definition) is 5. The van der Waals surface area contributed by atoms with Crippen LogP contribution in [0, 0.1) is 0 Å². The van der Waals surface area contributed by atoms with Crippen LogP contribution in [0.4, 0.5) is 5.69 Å². The maximum Gasteiger partial charge on any atom is 0.223 e. The number of rotatable bonds is 2. The van der Waals surface area contributed by atoms with Crippen molar-refractivity contribution in [2.24, 2.45) is 0 Å². The van der Waals surface area contributed by atoms with Gasteiger partial charge in [-0.05, 0) is 35.5 Å². The first-order valence-electron chi connectivity index (χ1n) is 4.12. The van der Waals surface area contributed by atoms with Crippen LogP contribution in [0.5, 0.6) is 0 Å². The molecule has 0 fully saturated rings. The summed E-state index contributed by atoms with van der Waals surface area (Å²) in [6, 6.07) is 5.62. The zero-order chi connectivity index (χ0) is 10.7. The van der Waals surface area contributed by atoms with E-state index >= 15 is 0 Å². The number of nitrogens with two attached hydrogens (primary N) is 1. The Kier molecular flexibility index (Phi) is 3.03. The highest BCUT2D eigenvalue weighted by atomic mass is 35.5. The molecule has 0 amide bonds. The van der Waals surface area contributed by atoms with Crippen LogP contribution in [0.2, 0.25) is 5.28 Å². The maximum absolute atomic E-state index is 5.71. The number of halogens is 1. The standard InChI is InChI=1S/C9H7ClN4S/c10-9-13-5-6(11)8(14-9)15-7-3-1-2-4-12-7/h1-5H,11H2. The fourth-order valence-corrected chi connectivity index (χ4v) is 1.89. The number of hydrogen-bond donors (Lipinski definition) is 1. The molecule has 2 heterocycles. The third kappa shape index (κ3) is 2.57. The normalized spacial score (nSPS) is 10.2. The molecule has 0 unspecified atom stereocenters. The average Bonchev–Trinajstić information content (AvgIpc) is 2.25. The topological polar surface area (TPSA) is 64.7 Å². The first-order chi connectivity index (χ1) is 7.25. The lowest BCUT2D eigenvalue weighted by atomic mass is 10.5. The van der Waals surface area contributed by atoms with E-state index in [2.05, 4.69) is 15.0 Å². The van der Waals surface area contributed by atoms with E-state index in [0.717, 1.165) is 5.03 Å². The van der Waals surface area contributed by atoms with Crippen LogP contribution >= 0.6 is 23.4 Å². The molecule has 0 bridgehead atoms. The Labute approximate surface area is 95.9 Å². The van der Waals surface area contributed by atoms with Gasteiger partial charge in [0.15, 0.2) is 0 Å². The van der Waals surface area contributed by atoms with Crippen molar-refractivity contribution in [3.05, 3.63) is 35.9 Å². The Morgan fingerprint density at radius 3 is 2.87 bits per heavy atom. The van der Waals surface area contributed by atoms with Crippen LogP contribution in [0.15, 0.2) is 40.6 Å². The molecule has 2 aromatic heterocycles. The van der Waals surface area contributed by atoms with E-state index in [9.17, 15) is 0 Å². The highest BCUT2D eigenvalue weighted by Gasteiger charge is 2.05. The predicted octanol–water partition coefficient (Wildman–Crippen LogP) is 2.26. The Balaban J connectivity index is 2.28. The molecule has 15 heavy (non-hydrogen) atoms. The van der Waals surface area contributed by atoms with Gasteiger partial charge in [0.05, 0.1) is 11.9 Å². The number of aromatic nitrogens is 3. The Bertz CT molecular complexity index is 463. The molecule has 0 aliphatic carbocycles. The van der Waals surface area contributed by atoms with Crippen molar-refractivity contribution in [3.8, 4) is 0 Å². The van der Waals surface area contributed by atoms with Crippen molar-refractivity contribution in [3.63, 3.8) is 0 Å². The monoisotopic (exact) mass is 238 g/mol. The van der Waals surface area contributed by atoms with E-state index in [1.807, 2.05) is 18.2 Å². The minimum absolute atomic E-state index is 0.183. The second-order valence-electron chi connectivity index (χ2n) is 2.67. The lowest BCUT2D eigenvalue weighted by molar-refractivity contribution is 1.04. The van der Waals surface area contributed by atoms with Gasteiger partial charge in [0.25, 0.3) is 0 Å². The molecule has 2 rings (SSSR count). The molecule has 0 aromatic carbocycles. The molecular formula is C9H7ClN4S. The zero-order valence-corrected chi connectivity index (χ0v) is 9.16. The van der Waals surface area contributed by atoms with Crippen molar-refractivity contribution >= 4 is 29.1 Å². The van der Waals surface area contributed by atoms with E-state index in [4.69, 9.17) is 17.3 Å². The van der Waals surface area contributed by atoms with Gasteiger partial charge in [-0.3, -0.25) is 0 Å². The molecule has 6 heteroatoms. The third-order valence-electron chi connectivity index (χ3n) is 1.59. The van der Waals surface area contributed by atoms with Crippen molar-refractivity contribution in [1.29, 1.82) is 0 Å². The fourth-order valence-electron chi connectivity index (χ4n) is 0.943. The molecule has 0 saturated heterocycles. The summed E-state index contributed by atoms with van der Waals surface area (Å²) in [6.45, 7) is 0. The van der Waals surface area contributed by atoms with Crippen molar-refractivity contribution in [2.45, 2.75) is 10.1 Å². The van der Waals surface area contributed by atoms with Crippen molar-refractivity contribution in [1.82, 2.24) is 15.0 Å². The van der Waals surface area contributed by atoms with Gasteiger partial charge in [-0.15, -0.1) is 0 Å². The van der Waals surface area contributed by atoms with Crippen LogP contribution in [-0.4, -0.2) is 15.0 Å². The molecule has 76 valence electrons. The third-order valence-corrected chi connectivity index (χ3v) is 2.74. The smallest absolute Gasteiger partial charge is 0.223 e. The van der Waals surface area contributed by atoms with Gasteiger partial charge in [0, 0.05) is 6.20 Å². The van der Waals surface area contributed by atoms with Gasteiger partial charge < -0.3 is 5.73 Å². The summed E-state index contributed by atoms with van der Waals surface area (Å²) >= 11 is 7.03. The highest BCUT2D eigenvalue weighted by Crippen LogP contribution is 2.28. The van der Waals surface area contributed by atoms with E-state index in [0.29, 0.717) is 10.7 Å². The van der Waals surface area contributed by atoms with E-state index in [-0.39, 0.29) is 5.28 Å².